The topological polar surface area (TPSA) is 83.4 Å². The van der Waals surface area contributed by atoms with Crippen molar-refractivity contribution in [1.82, 2.24) is 14.9 Å². The summed E-state index contributed by atoms with van der Waals surface area (Å²) in [5, 5.41) is 9.90. The number of aromatic carboxylic acids is 1. The fraction of sp³-hybridized carbons (Fsp3) is 0.375. The lowest BCUT2D eigenvalue weighted by molar-refractivity contribution is 0.0683. The van der Waals surface area contributed by atoms with Gasteiger partial charge in [0.15, 0.2) is 0 Å². The van der Waals surface area contributed by atoms with Crippen LogP contribution in [0.1, 0.15) is 55.3 Å². The highest BCUT2D eigenvalue weighted by Crippen LogP contribution is 2.37. The van der Waals surface area contributed by atoms with Crippen LogP contribution in [-0.2, 0) is 6.42 Å². The first kappa shape index (κ1) is 15.6. The summed E-state index contributed by atoms with van der Waals surface area (Å²) in [6.45, 7) is 1.98. The van der Waals surface area contributed by atoms with Crippen molar-refractivity contribution in [2.24, 2.45) is 0 Å². The van der Waals surface area contributed by atoms with Gasteiger partial charge < -0.3 is 10.0 Å². The molecule has 3 rings (SSSR count). The van der Waals surface area contributed by atoms with Gasteiger partial charge in [0.2, 0.25) is 0 Å². The van der Waals surface area contributed by atoms with E-state index < -0.39 is 5.97 Å². The number of carboxylic acid groups (broad SMARTS) is 1. The van der Waals surface area contributed by atoms with Gasteiger partial charge in [-0.15, -0.1) is 11.3 Å². The zero-order valence-electron chi connectivity index (χ0n) is 12.9. The molecule has 7 heteroatoms. The van der Waals surface area contributed by atoms with Crippen molar-refractivity contribution in [2.75, 3.05) is 7.05 Å². The molecule has 0 spiro atoms. The van der Waals surface area contributed by atoms with E-state index in [1.165, 1.54) is 23.2 Å². The fourth-order valence-electron chi connectivity index (χ4n) is 2.88. The van der Waals surface area contributed by atoms with E-state index in [1.807, 2.05) is 6.92 Å². The predicted molar refractivity (Wildman–Crippen MR) is 85.8 cm³/mol. The number of hydrogen-bond acceptors (Lipinski definition) is 5. The summed E-state index contributed by atoms with van der Waals surface area (Å²) in [7, 11) is 1.78. The molecular weight excluding hydrogens is 314 g/mol. The van der Waals surface area contributed by atoms with Gasteiger partial charge in [-0.1, -0.05) is 0 Å². The average Bonchev–Trinajstić information content (AvgIpc) is 2.93. The quantitative estimate of drug-likeness (QED) is 0.935. The molecule has 1 unspecified atom stereocenters. The third-order valence-corrected chi connectivity index (χ3v) is 5.16. The number of carboxylic acids is 1. The van der Waals surface area contributed by atoms with Gasteiger partial charge in [0, 0.05) is 13.2 Å². The molecule has 0 radical (unpaired) electrons. The molecule has 23 heavy (non-hydrogen) atoms. The maximum Gasteiger partial charge on any atom is 0.354 e. The Kier molecular flexibility index (Phi) is 4.12. The Morgan fingerprint density at radius 2 is 2.17 bits per heavy atom. The van der Waals surface area contributed by atoms with Crippen LogP contribution in [0, 0.1) is 6.92 Å². The van der Waals surface area contributed by atoms with Gasteiger partial charge in [-0.2, -0.15) is 0 Å². The first-order chi connectivity index (χ1) is 11.0. The molecule has 0 bridgehead atoms. The smallest absolute Gasteiger partial charge is 0.354 e. The number of fused-ring (bicyclic) bond motifs is 1. The van der Waals surface area contributed by atoms with Gasteiger partial charge in [-0.3, -0.25) is 4.79 Å². The number of aryl methyl sites for hydroxylation is 2. The van der Waals surface area contributed by atoms with E-state index >= 15 is 0 Å². The molecule has 2 aromatic heterocycles. The van der Waals surface area contributed by atoms with Crippen molar-refractivity contribution in [2.45, 2.75) is 32.2 Å². The van der Waals surface area contributed by atoms with E-state index in [0.29, 0.717) is 5.56 Å². The maximum absolute atomic E-state index is 12.7. The number of aromatic nitrogens is 2. The zero-order chi connectivity index (χ0) is 16.6. The monoisotopic (exact) mass is 331 g/mol. The molecule has 0 aliphatic heterocycles. The van der Waals surface area contributed by atoms with Crippen molar-refractivity contribution in [3.63, 3.8) is 0 Å². The number of nitrogens with zero attached hydrogens (tertiary/aromatic N) is 3. The largest absolute Gasteiger partial charge is 0.477 e. The molecule has 0 aromatic carbocycles. The lowest BCUT2D eigenvalue weighted by atomic mass is 9.96. The second-order valence-corrected chi connectivity index (χ2v) is 6.84. The molecule has 0 saturated heterocycles. The van der Waals surface area contributed by atoms with Gasteiger partial charge in [-0.05, 0) is 38.3 Å². The van der Waals surface area contributed by atoms with E-state index in [-0.39, 0.29) is 17.6 Å². The molecular formula is C16H17N3O3S. The number of carbonyl (C=O) groups excluding carboxylic acids is 1. The fourth-order valence-corrected chi connectivity index (χ4v) is 4.03. The maximum atomic E-state index is 12.7. The van der Waals surface area contributed by atoms with Crippen molar-refractivity contribution in [3.05, 3.63) is 45.2 Å². The van der Waals surface area contributed by atoms with Crippen molar-refractivity contribution < 1.29 is 14.7 Å². The molecule has 2 heterocycles. The molecule has 1 amide bonds. The Balaban J connectivity index is 1.84. The molecule has 1 N–H and O–H groups in total. The number of rotatable bonds is 3. The predicted octanol–water partition coefficient (Wildman–Crippen LogP) is 2.69. The molecule has 1 atom stereocenters. The Hall–Kier alpha value is -2.28. The van der Waals surface area contributed by atoms with Crippen LogP contribution < -0.4 is 0 Å². The Morgan fingerprint density at radius 3 is 2.83 bits per heavy atom. The van der Waals surface area contributed by atoms with Gasteiger partial charge in [0.25, 0.3) is 5.91 Å². The summed E-state index contributed by atoms with van der Waals surface area (Å²) < 4.78 is 0. The van der Waals surface area contributed by atoms with Gasteiger partial charge >= 0.3 is 5.97 Å². The van der Waals surface area contributed by atoms with Crippen molar-refractivity contribution >= 4 is 23.2 Å². The Morgan fingerprint density at radius 1 is 1.39 bits per heavy atom. The van der Waals surface area contributed by atoms with E-state index in [4.69, 9.17) is 5.11 Å². The lowest BCUT2D eigenvalue weighted by Crippen LogP contribution is -2.32. The average molecular weight is 331 g/mol. The minimum atomic E-state index is -1.10. The zero-order valence-corrected chi connectivity index (χ0v) is 13.8. The Bertz CT molecular complexity index is 754. The molecule has 120 valence electrons. The van der Waals surface area contributed by atoms with Gasteiger partial charge in [-0.25, -0.2) is 14.8 Å². The van der Waals surface area contributed by atoms with Crippen LogP contribution in [0.3, 0.4) is 0 Å². The molecule has 2 aromatic rings. The van der Waals surface area contributed by atoms with Crippen molar-refractivity contribution in [3.8, 4) is 0 Å². The van der Waals surface area contributed by atoms with Gasteiger partial charge in [0.05, 0.1) is 27.2 Å². The molecule has 6 nitrogen and oxygen atoms in total. The summed E-state index contributed by atoms with van der Waals surface area (Å²) in [5.41, 5.74) is 1.43. The molecule has 1 aliphatic carbocycles. The van der Waals surface area contributed by atoms with E-state index in [1.54, 1.807) is 23.3 Å². The number of thiazole rings is 1. The highest BCUT2D eigenvalue weighted by Gasteiger charge is 2.30. The first-order valence-electron chi connectivity index (χ1n) is 7.40. The highest BCUT2D eigenvalue weighted by molar-refractivity contribution is 7.11. The van der Waals surface area contributed by atoms with Crippen LogP contribution in [0.2, 0.25) is 0 Å². The molecule has 0 saturated carbocycles. The minimum Gasteiger partial charge on any atom is -0.477 e. The van der Waals surface area contributed by atoms with Crippen LogP contribution in [0.5, 0.6) is 0 Å². The number of pyridine rings is 1. The summed E-state index contributed by atoms with van der Waals surface area (Å²) in [6.07, 6.45) is 4.21. The summed E-state index contributed by atoms with van der Waals surface area (Å²) in [6, 6.07) is 2.89. The SMILES string of the molecule is Cc1nc2c(s1)C(N(C)C(=O)c1ccc(C(=O)O)nc1)CCC2. The molecule has 0 fully saturated rings. The summed E-state index contributed by atoms with van der Waals surface area (Å²) >= 11 is 1.65. The van der Waals surface area contributed by atoms with Crippen LogP contribution in [0.15, 0.2) is 18.3 Å². The summed E-state index contributed by atoms with van der Waals surface area (Å²) in [4.78, 5) is 34.8. The standard InChI is InChI=1S/C16H17N3O3S/c1-9-18-11-4-3-5-13(14(11)23-9)19(2)15(20)10-6-7-12(16(21)22)17-8-10/h6-8,13H,3-5H2,1-2H3,(H,21,22). The number of hydrogen-bond donors (Lipinski definition) is 1. The van der Waals surface area contributed by atoms with Crippen LogP contribution >= 0.6 is 11.3 Å². The second-order valence-electron chi connectivity index (χ2n) is 5.61. The third-order valence-electron chi connectivity index (χ3n) is 4.05. The number of amides is 1. The van der Waals surface area contributed by atoms with Crippen LogP contribution in [0.4, 0.5) is 0 Å². The van der Waals surface area contributed by atoms with Crippen LogP contribution in [0.25, 0.3) is 0 Å². The van der Waals surface area contributed by atoms with E-state index in [9.17, 15) is 9.59 Å². The van der Waals surface area contributed by atoms with E-state index in [0.717, 1.165) is 30.0 Å². The number of carbonyl (C=O) groups is 2. The highest BCUT2D eigenvalue weighted by atomic mass is 32.1. The second kappa shape index (κ2) is 6.08. The van der Waals surface area contributed by atoms with E-state index in [2.05, 4.69) is 9.97 Å². The van der Waals surface area contributed by atoms with Gasteiger partial charge in [0.1, 0.15) is 5.69 Å². The third kappa shape index (κ3) is 2.96. The normalized spacial score (nSPS) is 16.7. The van der Waals surface area contributed by atoms with Crippen molar-refractivity contribution in [1.29, 1.82) is 0 Å². The first-order valence-corrected chi connectivity index (χ1v) is 8.21. The molecule has 1 aliphatic rings. The Labute approximate surface area is 137 Å². The summed E-state index contributed by atoms with van der Waals surface area (Å²) in [5.74, 6) is -1.26. The lowest BCUT2D eigenvalue weighted by Gasteiger charge is -2.30. The van der Waals surface area contributed by atoms with Crippen LogP contribution in [-0.4, -0.2) is 38.9 Å². The minimum absolute atomic E-state index is 0.0246.